The number of hydrogen-bond acceptors (Lipinski definition) is 2. The third kappa shape index (κ3) is 3.20. The van der Waals surface area contributed by atoms with Gasteiger partial charge in [0.25, 0.3) is 5.91 Å². The van der Waals surface area contributed by atoms with Crippen molar-refractivity contribution in [3.63, 3.8) is 0 Å². The lowest BCUT2D eigenvalue weighted by molar-refractivity contribution is 0.0743. The Balaban J connectivity index is 1.60. The lowest BCUT2D eigenvalue weighted by atomic mass is 9.98. The lowest BCUT2D eigenvalue weighted by Gasteiger charge is -2.25. The van der Waals surface area contributed by atoms with Gasteiger partial charge in [0, 0.05) is 29.3 Å². The van der Waals surface area contributed by atoms with Crippen molar-refractivity contribution in [3.05, 3.63) is 53.4 Å². The number of H-pyrrole nitrogens is 1. The highest BCUT2D eigenvalue weighted by Crippen LogP contribution is 2.44. The largest absolute Gasteiger partial charge is 0.328 e. The molecule has 4 heteroatoms. The number of nitrogens with zero attached hydrogens (tertiary/aromatic N) is 2. The molecule has 1 aromatic carbocycles. The maximum Gasteiger partial charge on any atom is 0.254 e. The smallest absolute Gasteiger partial charge is 0.254 e. The minimum Gasteiger partial charge on any atom is -0.328 e. The Morgan fingerprint density at radius 3 is 2.96 bits per heavy atom. The molecular weight excluding hydrogens is 322 g/mol. The topological polar surface area (TPSA) is 49.0 Å². The van der Waals surface area contributed by atoms with Crippen LogP contribution >= 0.6 is 0 Å². The van der Waals surface area contributed by atoms with Crippen molar-refractivity contribution in [1.82, 2.24) is 15.1 Å². The zero-order valence-corrected chi connectivity index (χ0v) is 15.7. The van der Waals surface area contributed by atoms with E-state index >= 15 is 0 Å². The van der Waals surface area contributed by atoms with Crippen LogP contribution in [-0.2, 0) is 0 Å². The number of carbonyl (C=O) groups is 1. The number of amides is 1. The monoisotopic (exact) mass is 349 g/mol. The molecule has 4 rings (SSSR count). The van der Waals surface area contributed by atoms with E-state index in [1.807, 2.05) is 23.1 Å². The van der Waals surface area contributed by atoms with Crippen LogP contribution in [0.2, 0.25) is 0 Å². The first-order valence-electron chi connectivity index (χ1n) is 9.82. The van der Waals surface area contributed by atoms with Crippen LogP contribution in [0.15, 0.2) is 36.4 Å². The molecule has 0 unspecified atom stereocenters. The highest BCUT2D eigenvalue weighted by molar-refractivity contribution is 5.96. The summed E-state index contributed by atoms with van der Waals surface area (Å²) < 4.78 is 0. The van der Waals surface area contributed by atoms with E-state index in [1.54, 1.807) is 0 Å². The zero-order valence-electron chi connectivity index (χ0n) is 15.7. The van der Waals surface area contributed by atoms with Crippen LogP contribution in [0.4, 0.5) is 0 Å². The van der Waals surface area contributed by atoms with Crippen LogP contribution in [0, 0.1) is 6.92 Å². The first-order chi connectivity index (χ1) is 12.7. The van der Waals surface area contributed by atoms with Gasteiger partial charge in [0.15, 0.2) is 0 Å². The molecule has 0 bridgehead atoms. The van der Waals surface area contributed by atoms with E-state index < -0.39 is 0 Å². The van der Waals surface area contributed by atoms with Gasteiger partial charge in [-0.15, -0.1) is 0 Å². The summed E-state index contributed by atoms with van der Waals surface area (Å²) in [5.41, 5.74) is 5.30. The highest BCUT2D eigenvalue weighted by atomic mass is 16.2. The number of aromatic amines is 1. The van der Waals surface area contributed by atoms with Crippen molar-refractivity contribution in [2.24, 2.45) is 0 Å². The molecule has 1 aromatic heterocycles. The molecule has 0 radical (unpaired) electrons. The standard InChI is InChI=1S/C22H27N3O/c1-3-4-9-19-10-6-13-25(19)22(26)18-8-5-7-17(14-18)20-15(2)23-24-21(20)16-11-12-16/h5-8,10,14,16,19H,3-4,9,11-13H2,1-2H3,(H,23,24)/t19-/m1/s1. The normalized spacial score (nSPS) is 19.3. The summed E-state index contributed by atoms with van der Waals surface area (Å²) in [5, 5.41) is 7.66. The summed E-state index contributed by atoms with van der Waals surface area (Å²) in [4.78, 5) is 15.1. The molecule has 1 saturated carbocycles. The average molecular weight is 349 g/mol. The second kappa shape index (κ2) is 7.10. The number of aromatic nitrogens is 2. The van der Waals surface area contributed by atoms with Gasteiger partial charge in [-0.25, -0.2) is 0 Å². The summed E-state index contributed by atoms with van der Waals surface area (Å²) in [5.74, 6) is 0.711. The summed E-state index contributed by atoms with van der Waals surface area (Å²) in [6.07, 6.45) is 10.1. The maximum atomic E-state index is 13.1. The molecule has 0 spiro atoms. The average Bonchev–Trinajstić information content (AvgIpc) is 3.27. The summed E-state index contributed by atoms with van der Waals surface area (Å²) in [7, 11) is 0. The van der Waals surface area contributed by atoms with Crippen molar-refractivity contribution in [3.8, 4) is 11.1 Å². The Hall–Kier alpha value is -2.36. The predicted molar refractivity (Wildman–Crippen MR) is 104 cm³/mol. The Labute approximate surface area is 155 Å². The van der Waals surface area contributed by atoms with Gasteiger partial charge in [-0.3, -0.25) is 9.89 Å². The first-order valence-corrected chi connectivity index (χ1v) is 9.82. The van der Waals surface area contributed by atoms with E-state index in [9.17, 15) is 4.79 Å². The van der Waals surface area contributed by atoms with Crippen molar-refractivity contribution >= 4 is 5.91 Å². The quantitative estimate of drug-likeness (QED) is 0.759. The van der Waals surface area contributed by atoms with E-state index in [2.05, 4.69) is 42.3 Å². The lowest BCUT2D eigenvalue weighted by Crippen LogP contribution is -2.36. The molecule has 0 saturated heterocycles. The van der Waals surface area contributed by atoms with Crippen LogP contribution in [0.5, 0.6) is 0 Å². The van der Waals surface area contributed by atoms with Gasteiger partial charge >= 0.3 is 0 Å². The predicted octanol–water partition coefficient (Wildman–Crippen LogP) is 4.83. The van der Waals surface area contributed by atoms with E-state index in [-0.39, 0.29) is 11.9 Å². The van der Waals surface area contributed by atoms with Crippen LogP contribution in [0.3, 0.4) is 0 Å². The number of benzene rings is 1. The van der Waals surface area contributed by atoms with Gasteiger partial charge in [-0.1, -0.05) is 44.1 Å². The molecule has 136 valence electrons. The summed E-state index contributed by atoms with van der Waals surface area (Å²) in [6, 6.07) is 8.31. The number of aryl methyl sites for hydroxylation is 1. The molecule has 1 amide bonds. The van der Waals surface area contributed by atoms with E-state index in [0.717, 1.165) is 48.3 Å². The number of unbranched alkanes of at least 4 members (excludes halogenated alkanes) is 1. The number of hydrogen-bond donors (Lipinski definition) is 1. The van der Waals surface area contributed by atoms with Crippen molar-refractivity contribution in [2.45, 2.75) is 57.9 Å². The fraction of sp³-hybridized carbons (Fsp3) is 0.455. The maximum absolute atomic E-state index is 13.1. The van der Waals surface area contributed by atoms with Gasteiger partial charge in [-0.2, -0.15) is 5.10 Å². The molecule has 1 aliphatic heterocycles. The molecular formula is C22H27N3O. The molecule has 2 heterocycles. The molecule has 1 atom stereocenters. The third-order valence-electron chi connectivity index (χ3n) is 5.51. The van der Waals surface area contributed by atoms with E-state index in [1.165, 1.54) is 18.4 Å². The zero-order chi connectivity index (χ0) is 18.1. The van der Waals surface area contributed by atoms with Gasteiger partial charge in [-0.05, 0) is 43.9 Å². The number of rotatable bonds is 6. The SMILES string of the molecule is CCCC[C@@H]1C=CCN1C(=O)c1cccc(-c2c(C3CC3)n[nH]c2C)c1. The third-order valence-corrected chi connectivity index (χ3v) is 5.51. The highest BCUT2D eigenvalue weighted by Gasteiger charge is 2.30. The first kappa shape index (κ1) is 17.1. The van der Waals surface area contributed by atoms with Gasteiger partial charge in [0.05, 0.1) is 11.7 Å². The number of carbonyl (C=O) groups excluding carboxylic acids is 1. The van der Waals surface area contributed by atoms with Gasteiger partial charge in [0.1, 0.15) is 0 Å². The van der Waals surface area contributed by atoms with Crippen molar-refractivity contribution < 1.29 is 4.79 Å². The van der Waals surface area contributed by atoms with Crippen LogP contribution < -0.4 is 0 Å². The molecule has 1 fully saturated rings. The van der Waals surface area contributed by atoms with Crippen LogP contribution in [-0.4, -0.2) is 33.6 Å². The van der Waals surface area contributed by atoms with Crippen LogP contribution in [0.1, 0.15) is 66.7 Å². The Morgan fingerprint density at radius 1 is 1.35 bits per heavy atom. The van der Waals surface area contributed by atoms with Crippen molar-refractivity contribution in [2.75, 3.05) is 6.54 Å². The Bertz CT molecular complexity index is 832. The fourth-order valence-corrected chi connectivity index (χ4v) is 3.91. The fourth-order valence-electron chi connectivity index (χ4n) is 3.91. The molecule has 1 N–H and O–H groups in total. The second-order valence-corrected chi connectivity index (χ2v) is 7.56. The molecule has 2 aliphatic rings. The van der Waals surface area contributed by atoms with Gasteiger partial charge in [0.2, 0.25) is 0 Å². The minimum atomic E-state index is 0.132. The van der Waals surface area contributed by atoms with Crippen molar-refractivity contribution in [1.29, 1.82) is 0 Å². The Kier molecular flexibility index (Phi) is 4.66. The molecule has 2 aromatic rings. The molecule has 26 heavy (non-hydrogen) atoms. The molecule has 1 aliphatic carbocycles. The second-order valence-electron chi connectivity index (χ2n) is 7.56. The van der Waals surface area contributed by atoms with Crippen LogP contribution in [0.25, 0.3) is 11.1 Å². The molecule has 4 nitrogen and oxygen atoms in total. The van der Waals surface area contributed by atoms with E-state index in [4.69, 9.17) is 0 Å². The van der Waals surface area contributed by atoms with E-state index in [0.29, 0.717) is 5.92 Å². The Morgan fingerprint density at radius 2 is 2.19 bits per heavy atom. The summed E-state index contributed by atoms with van der Waals surface area (Å²) >= 11 is 0. The summed E-state index contributed by atoms with van der Waals surface area (Å²) in [6.45, 7) is 4.97. The number of nitrogens with one attached hydrogen (secondary N) is 1. The minimum absolute atomic E-state index is 0.132. The van der Waals surface area contributed by atoms with Gasteiger partial charge < -0.3 is 4.90 Å².